The van der Waals surface area contributed by atoms with Crippen LogP contribution in [0.3, 0.4) is 0 Å². The Morgan fingerprint density at radius 3 is 2.89 bits per heavy atom. The predicted molar refractivity (Wildman–Crippen MR) is 72.7 cm³/mol. The zero-order valence-corrected chi connectivity index (χ0v) is 9.92. The Hall–Kier alpha value is -2.89. The van der Waals surface area contributed by atoms with Gasteiger partial charge < -0.3 is 11.1 Å². The fourth-order valence-electron chi connectivity index (χ4n) is 1.83. The number of nitrogens with zero attached hydrogens (tertiary/aromatic N) is 2. The summed E-state index contributed by atoms with van der Waals surface area (Å²) in [6, 6.07) is 10.6. The van der Waals surface area contributed by atoms with Crippen molar-refractivity contribution in [1.29, 1.82) is 0 Å². The quantitative estimate of drug-likeness (QED) is 0.648. The number of nitrogens with two attached hydrogens (primary N) is 1. The number of para-hydroxylation sites is 1. The van der Waals surface area contributed by atoms with E-state index < -0.39 is 0 Å². The molecule has 0 unspecified atom stereocenters. The minimum Gasteiger partial charge on any atom is -0.398 e. The molecule has 1 amide bonds. The molecule has 1 aromatic carbocycles. The monoisotopic (exact) mass is 253 g/mol. The molecule has 0 spiro atoms. The van der Waals surface area contributed by atoms with Crippen LogP contribution in [0.15, 0.2) is 42.6 Å². The number of hydrogen-bond donors (Lipinski definition) is 3. The van der Waals surface area contributed by atoms with Gasteiger partial charge in [0.25, 0.3) is 5.91 Å². The van der Waals surface area contributed by atoms with Crippen LogP contribution in [0.1, 0.15) is 10.5 Å². The Labute approximate surface area is 108 Å². The van der Waals surface area contributed by atoms with Crippen molar-refractivity contribution in [3.8, 4) is 0 Å². The topological polar surface area (TPSA) is 96.7 Å². The van der Waals surface area contributed by atoms with Gasteiger partial charge in [0.15, 0.2) is 0 Å². The van der Waals surface area contributed by atoms with Crippen molar-refractivity contribution in [1.82, 2.24) is 15.2 Å². The number of carbonyl (C=O) groups is 1. The number of amides is 1. The molecule has 4 N–H and O–H groups in total. The highest BCUT2D eigenvalue weighted by atomic mass is 16.1. The molecule has 0 aliphatic carbocycles. The molecule has 0 bridgehead atoms. The van der Waals surface area contributed by atoms with Gasteiger partial charge in [-0.25, -0.2) is 4.98 Å². The van der Waals surface area contributed by atoms with Crippen LogP contribution in [0.2, 0.25) is 0 Å². The van der Waals surface area contributed by atoms with Crippen molar-refractivity contribution in [2.75, 3.05) is 11.1 Å². The number of anilines is 2. The number of aromatic nitrogens is 3. The average Bonchev–Trinajstić information content (AvgIpc) is 2.91. The number of pyridine rings is 1. The van der Waals surface area contributed by atoms with Crippen LogP contribution in [0.5, 0.6) is 0 Å². The van der Waals surface area contributed by atoms with Gasteiger partial charge in [-0.2, -0.15) is 5.10 Å². The molecule has 0 aliphatic heterocycles. The molecular weight excluding hydrogens is 242 g/mol. The number of hydrogen-bond acceptors (Lipinski definition) is 4. The van der Waals surface area contributed by atoms with Crippen LogP contribution >= 0.6 is 0 Å². The summed E-state index contributed by atoms with van der Waals surface area (Å²) in [5.74, 6) is 0.181. The summed E-state index contributed by atoms with van der Waals surface area (Å²) < 4.78 is 0. The van der Waals surface area contributed by atoms with Gasteiger partial charge in [-0.15, -0.1) is 0 Å². The van der Waals surface area contributed by atoms with Gasteiger partial charge in [-0.1, -0.05) is 18.2 Å². The van der Waals surface area contributed by atoms with Crippen molar-refractivity contribution in [3.05, 3.63) is 48.3 Å². The summed E-state index contributed by atoms with van der Waals surface area (Å²) in [4.78, 5) is 16.3. The van der Waals surface area contributed by atoms with E-state index in [0.717, 1.165) is 5.39 Å². The fraction of sp³-hybridized carbons (Fsp3) is 0. The van der Waals surface area contributed by atoms with E-state index in [0.29, 0.717) is 17.0 Å². The third-order valence-corrected chi connectivity index (χ3v) is 2.73. The van der Waals surface area contributed by atoms with Gasteiger partial charge in [0.1, 0.15) is 11.5 Å². The zero-order valence-electron chi connectivity index (χ0n) is 9.92. The third-order valence-electron chi connectivity index (χ3n) is 2.73. The molecule has 0 saturated heterocycles. The highest BCUT2D eigenvalue weighted by Gasteiger charge is 2.11. The van der Waals surface area contributed by atoms with Crippen LogP contribution in [0.25, 0.3) is 10.9 Å². The van der Waals surface area contributed by atoms with E-state index >= 15 is 0 Å². The second kappa shape index (κ2) is 4.41. The molecule has 3 rings (SSSR count). The lowest BCUT2D eigenvalue weighted by Gasteiger charge is -2.06. The van der Waals surface area contributed by atoms with Crippen molar-refractivity contribution < 1.29 is 4.79 Å². The number of H-pyrrole nitrogens is 1. The van der Waals surface area contributed by atoms with Gasteiger partial charge in [0, 0.05) is 17.1 Å². The van der Waals surface area contributed by atoms with Gasteiger partial charge in [-0.3, -0.25) is 9.89 Å². The second-order valence-electron chi connectivity index (χ2n) is 4.04. The molecule has 2 aromatic heterocycles. The first-order valence-corrected chi connectivity index (χ1v) is 5.70. The van der Waals surface area contributed by atoms with Crippen LogP contribution in [-0.2, 0) is 0 Å². The Balaban J connectivity index is 1.98. The predicted octanol–water partition coefficient (Wildman–Crippen LogP) is 1.79. The Morgan fingerprint density at radius 1 is 1.26 bits per heavy atom. The fourth-order valence-corrected chi connectivity index (χ4v) is 1.83. The smallest absolute Gasteiger partial charge is 0.275 e. The number of carbonyl (C=O) groups excluding carboxylic acids is 1. The number of benzene rings is 1. The standard InChI is InChI=1S/C13H11N5O/c14-9-7-11(13(19)17-12-5-6-15-18-12)16-10-4-2-1-3-8(9)10/h1-7H,(H2,14,16)(H2,15,17,18,19). The first-order chi connectivity index (χ1) is 9.24. The summed E-state index contributed by atoms with van der Waals surface area (Å²) in [6.45, 7) is 0. The van der Waals surface area contributed by atoms with Crippen LogP contribution in [0.4, 0.5) is 11.5 Å². The van der Waals surface area contributed by atoms with E-state index in [9.17, 15) is 4.79 Å². The molecular formula is C13H11N5O. The lowest BCUT2D eigenvalue weighted by Crippen LogP contribution is -2.14. The van der Waals surface area contributed by atoms with E-state index in [1.54, 1.807) is 18.3 Å². The van der Waals surface area contributed by atoms with E-state index in [-0.39, 0.29) is 11.6 Å². The number of fused-ring (bicyclic) bond motifs is 1. The molecule has 6 nitrogen and oxygen atoms in total. The van der Waals surface area contributed by atoms with Gasteiger partial charge in [0.05, 0.1) is 11.7 Å². The minimum absolute atomic E-state index is 0.269. The van der Waals surface area contributed by atoms with Gasteiger partial charge in [0.2, 0.25) is 0 Å². The second-order valence-corrected chi connectivity index (χ2v) is 4.04. The van der Waals surface area contributed by atoms with E-state index in [1.807, 2.05) is 24.3 Å². The molecule has 0 fully saturated rings. The normalized spacial score (nSPS) is 10.5. The van der Waals surface area contributed by atoms with Crippen molar-refractivity contribution in [2.45, 2.75) is 0 Å². The maximum absolute atomic E-state index is 12.0. The number of aromatic amines is 1. The maximum atomic E-state index is 12.0. The molecule has 19 heavy (non-hydrogen) atoms. The minimum atomic E-state index is -0.332. The van der Waals surface area contributed by atoms with Crippen molar-refractivity contribution >= 4 is 28.3 Å². The Bertz CT molecular complexity index is 736. The summed E-state index contributed by atoms with van der Waals surface area (Å²) in [7, 11) is 0. The first-order valence-electron chi connectivity index (χ1n) is 5.70. The molecule has 2 heterocycles. The number of nitrogens with one attached hydrogen (secondary N) is 2. The first kappa shape index (κ1) is 11.2. The van der Waals surface area contributed by atoms with Crippen molar-refractivity contribution in [2.24, 2.45) is 0 Å². The van der Waals surface area contributed by atoms with Crippen LogP contribution in [0, 0.1) is 0 Å². The van der Waals surface area contributed by atoms with Gasteiger partial charge >= 0.3 is 0 Å². The lowest BCUT2D eigenvalue weighted by molar-refractivity contribution is 0.102. The zero-order chi connectivity index (χ0) is 13.2. The number of rotatable bonds is 2. The molecule has 0 radical (unpaired) electrons. The van der Waals surface area contributed by atoms with Gasteiger partial charge in [-0.05, 0) is 12.1 Å². The van der Waals surface area contributed by atoms with Crippen molar-refractivity contribution in [3.63, 3.8) is 0 Å². The molecule has 0 aliphatic rings. The summed E-state index contributed by atoms with van der Waals surface area (Å²) in [6.07, 6.45) is 1.55. The summed E-state index contributed by atoms with van der Waals surface area (Å²) >= 11 is 0. The molecule has 3 aromatic rings. The molecule has 0 atom stereocenters. The summed E-state index contributed by atoms with van der Waals surface area (Å²) in [5.41, 5.74) is 7.42. The SMILES string of the molecule is Nc1cc(C(=O)Nc2ccn[nH]2)nc2ccccc12. The lowest BCUT2D eigenvalue weighted by atomic mass is 10.1. The maximum Gasteiger partial charge on any atom is 0.275 e. The largest absolute Gasteiger partial charge is 0.398 e. The van der Waals surface area contributed by atoms with Crippen LogP contribution in [-0.4, -0.2) is 21.1 Å². The Kier molecular flexibility index (Phi) is 2.60. The average molecular weight is 253 g/mol. The molecule has 6 heteroatoms. The highest BCUT2D eigenvalue weighted by molar-refractivity contribution is 6.05. The highest BCUT2D eigenvalue weighted by Crippen LogP contribution is 2.20. The van der Waals surface area contributed by atoms with E-state index in [4.69, 9.17) is 5.73 Å². The Morgan fingerprint density at radius 2 is 2.11 bits per heavy atom. The molecule has 94 valence electrons. The summed E-state index contributed by atoms with van der Waals surface area (Å²) in [5, 5.41) is 9.89. The third kappa shape index (κ3) is 2.11. The van der Waals surface area contributed by atoms with Crippen LogP contribution < -0.4 is 11.1 Å². The van der Waals surface area contributed by atoms with E-state index in [2.05, 4.69) is 20.5 Å². The molecule has 0 saturated carbocycles. The van der Waals surface area contributed by atoms with E-state index in [1.165, 1.54) is 0 Å². The number of nitrogen functional groups attached to an aromatic ring is 1.